The van der Waals surface area contributed by atoms with Crippen molar-refractivity contribution in [2.75, 3.05) is 6.54 Å². The summed E-state index contributed by atoms with van der Waals surface area (Å²) < 4.78 is 5.83. The Morgan fingerprint density at radius 1 is 1.29 bits per heavy atom. The molecule has 1 aromatic heterocycles. The summed E-state index contributed by atoms with van der Waals surface area (Å²) in [6, 6.07) is 0.220. The molecule has 0 aliphatic heterocycles. The highest BCUT2D eigenvalue weighted by atomic mass is 16.4. The van der Waals surface area contributed by atoms with Crippen molar-refractivity contribution < 1.29 is 4.42 Å². The molecule has 0 saturated heterocycles. The van der Waals surface area contributed by atoms with Gasteiger partial charge in [0.1, 0.15) is 0 Å². The first-order valence-corrected chi connectivity index (χ1v) is 6.91. The van der Waals surface area contributed by atoms with Crippen molar-refractivity contribution in [1.29, 1.82) is 0 Å². The van der Waals surface area contributed by atoms with E-state index in [0.717, 1.165) is 31.2 Å². The van der Waals surface area contributed by atoms with Gasteiger partial charge in [-0.2, -0.15) is 0 Å². The first-order chi connectivity index (χ1) is 8.35. The summed E-state index contributed by atoms with van der Waals surface area (Å²) in [6.07, 6.45) is 7.13. The van der Waals surface area contributed by atoms with E-state index in [1.165, 1.54) is 25.7 Å². The molecule has 0 bridgehead atoms. The summed E-state index contributed by atoms with van der Waals surface area (Å²) in [7, 11) is 0. The number of aromatic nitrogens is 2. The third-order valence-electron chi connectivity index (χ3n) is 3.51. The molecule has 1 aromatic rings. The lowest BCUT2D eigenvalue weighted by molar-refractivity contribution is 0.358. The van der Waals surface area contributed by atoms with E-state index in [4.69, 9.17) is 4.42 Å². The van der Waals surface area contributed by atoms with Gasteiger partial charge in [0.2, 0.25) is 11.8 Å². The Morgan fingerprint density at radius 2 is 2.06 bits per heavy atom. The minimum absolute atomic E-state index is 0.220. The van der Waals surface area contributed by atoms with Crippen molar-refractivity contribution in [2.24, 2.45) is 0 Å². The Morgan fingerprint density at radius 3 is 2.71 bits per heavy atom. The van der Waals surface area contributed by atoms with Crippen molar-refractivity contribution in [1.82, 2.24) is 15.5 Å². The smallest absolute Gasteiger partial charge is 0.233 e. The molecular formula is C13H23N3O. The van der Waals surface area contributed by atoms with Crippen LogP contribution in [0, 0.1) is 0 Å². The van der Waals surface area contributed by atoms with Gasteiger partial charge in [0.15, 0.2) is 0 Å². The number of rotatable bonds is 6. The maximum absolute atomic E-state index is 5.83. The molecule has 0 spiro atoms. The summed E-state index contributed by atoms with van der Waals surface area (Å²) in [5.41, 5.74) is 0. The fraction of sp³-hybridized carbons (Fsp3) is 0.846. The maximum atomic E-state index is 5.83. The molecule has 1 heterocycles. The van der Waals surface area contributed by atoms with Crippen molar-refractivity contribution in [3.63, 3.8) is 0 Å². The largest absolute Gasteiger partial charge is 0.423 e. The van der Waals surface area contributed by atoms with E-state index in [0.29, 0.717) is 5.92 Å². The van der Waals surface area contributed by atoms with Gasteiger partial charge < -0.3 is 9.73 Å². The van der Waals surface area contributed by atoms with Crippen LogP contribution in [0.4, 0.5) is 0 Å². The Hall–Kier alpha value is -0.900. The average Bonchev–Trinajstić information content (AvgIpc) is 3.00. The van der Waals surface area contributed by atoms with E-state index in [9.17, 15) is 0 Å². The van der Waals surface area contributed by atoms with Gasteiger partial charge >= 0.3 is 0 Å². The van der Waals surface area contributed by atoms with Gasteiger partial charge in [-0.1, -0.05) is 26.7 Å². The van der Waals surface area contributed by atoms with Crippen molar-refractivity contribution >= 4 is 0 Å². The van der Waals surface area contributed by atoms with Crippen LogP contribution in [-0.4, -0.2) is 16.7 Å². The van der Waals surface area contributed by atoms with Gasteiger partial charge in [-0.25, -0.2) is 0 Å². The molecule has 1 fully saturated rings. The van der Waals surface area contributed by atoms with Crippen LogP contribution >= 0.6 is 0 Å². The lowest BCUT2D eigenvalue weighted by Gasteiger charge is -2.11. The molecule has 1 atom stereocenters. The highest BCUT2D eigenvalue weighted by molar-refractivity contribution is 4.96. The first-order valence-electron chi connectivity index (χ1n) is 6.91. The number of hydrogen-bond acceptors (Lipinski definition) is 4. The second-order valence-electron chi connectivity index (χ2n) is 4.87. The zero-order valence-electron chi connectivity index (χ0n) is 10.9. The molecule has 1 aliphatic carbocycles. The van der Waals surface area contributed by atoms with Crippen LogP contribution in [-0.2, 0) is 0 Å². The van der Waals surface area contributed by atoms with Gasteiger partial charge in [-0.05, 0) is 32.2 Å². The predicted molar refractivity (Wildman–Crippen MR) is 66.8 cm³/mol. The van der Waals surface area contributed by atoms with Crippen molar-refractivity contribution in [3.05, 3.63) is 11.8 Å². The lowest BCUT2D eigenvalue weighted by atomic mass is 10.1. The summed E-state index contributed by atoms with van der Waals surface area (Å²) in [4.78, 5) is 0. The lowest BCUT2D eigenvalue weighted by Crippen LogP contribution is -2.21. The topological polar surface area (TPSA) is 51.0 Å². The summed E-state index contributed by atoms with van der Waals surface area (Å²) in [5, 5.41) is 11.9. The molecule has 1 saturated carbocycles. The third kappa shape index (κ3) is 3.06. The highest BCUT2D eigenvalue weighted by Gasteiger charge is 2.24. The van der Waals surface area contributed by atoms with Crippen LogP contribution in [0.2, 0.25) is 0 Å². The first kappa shape index (κ1) is 12.6. The van der Waals surface area contributed by atoms with Crippen LogP contribution in [0.1, 0.15) is 76.1 Å². The number of nitrogens with zero attached hydrogens (tertiary/aromatic N) is 2. The van der Waals surface area contributed by atoms with Crippen LogP contribution < -0.4 is 5.32 Å². The zero-order chi connectivity index (χ0) is 12.1. The third-order valence-corrected chi connectivity index (χ3v) is 3.51. The van der Waals surface area contributed by atoms with Gasteiger partial charge in [0.25, 0.3) is 0 Å². The van der Waals surface area contributed by atoms with Crippen LogP contribution in [0.25, 0.3) is 0 Å². The van der Waals surface area contributed by atoms with Crippen LogP contribution in [0.5, 0.6) is 0 Å². The fourth-order valence-electron chi connectivity index (χ4n) is 2.45. The van der Waals surface area contributed by atoms with Gasteiger partial charge in [-0.3, -0.25) is 0 Å². The standard InChI is InChI=1S/C13H23N3O/c1-3-9-14-11(4-2)13-16-15-12(17-13)10-7-5-6-8-10/h10-11,14H,3-9H2,1-2H3. The number of hydrogen-bond donors (Lipinski definition) is 1. The number of nitrogens with one attached hydrogen (secondary N) is 1. The van der Waals surface area contributed by atoms with Gasteiger partial charge in [0.05, 0.1) is 6.04 Å². The highest BCUT2D eigenvalue weighted by Crippen LogP contribution is 2.33. The quantitative estimate of drug-likeness (QED) is 0.825. The predicted octanol–water partition coefficient (Wildman–Crippen LogP) is 3.18. The second kappa shape index (κ2) is 6.15. The second-order valence-corrected chi connectivity index (χ2v) is 4.87. The summed E-state index contributed by atoms with van der Waals surface area (Å²) in [5.74, 6) is 2.14. The minimum atomic E-state index is 0.220. The summed E-state index contributed by atoms with van der Waals surface area (Å²) in [6.45, 7) is 5.31. The average molecular weight is 237 g/mol. The SMILES string of the molecule is CCCNC(CC)c1nnc(C2CCCC2)o1. The molecule has 2 rings (SSSR count). The van der Waals surface area contributed by atoms with Crippen molar-refractivity contribution in [3.8, 4) is 0 Å². The monoisotopic (exact) mass is 237 g/mol. The zero-order valence-corrected chi connectivity index (χ0v) is 10.9. The minimum Gasteiger partial charge on any atom is -0.423 e. The Labute approximate surface area is 103 Å². The van der Waals surface area contributed by atoms with E-state index in [1.807, 2.05) is 0 Å². The van der Waals surface area contributed by atoms with E-state index in [1.54, 1.807) is 0 Å². The van der Waals surface area contributed by atoms with Crippen molar-refractivity contribution in [2.45, 2.75) is 64.3 Å². The Bertz CT molecular complexity index is 331. The molecule has 17 heavy (non-hydrogen) atoms. The van der Waals surface area contributed by atoms with Gasteiger partial charge in [0, 0.05) is 5.92 Å². The molecule has 1 N–H and O–H groups in total. The van der Waals surface area contributed by atoms with Gasteiger partial charge in [-0.15, -0.1) is 10.2 Å². The molecule has 1 unspecified atom stereocenters. The molecule has 4 heteroatoms. The molecule has 0 radical (unpaired) electrons. The molecular weight excluding hydrogens is 214 g/mol. The molecule has 1 aliphatic rings. The maximum Gasteiger partial charge on any atom is 0.233 e. The van der Waals surface area contributed by atoms with E-state index >= 15 is 0 Å². The van der Waals surface area contributed by atoms with Crippen LogP contribution in [0.3, 0.4) is 0 Å². The van der Waals surface area contributed by atoms with Crippen LogP contribution in [0.15, 0.2) is 4.42 Å². The van der Waals surface area contributed by atoms with E-state index < -0.39 is 0 Å². The van der Waals surface area contributed by atoms with E-state index in [-0.39, 0.29) is 6.04 Å². The Balaban J connectivity index is 1.99. The molecule has 4 nitrogen and oxygen atoms in total. The summed E-state index contributed by atoms with van der Waals surface area (Å²) >= 11 is 0. The molecule has 0 aromatic carbocycles. The van der Waals surface area contributed by atoms with E-state index in [2.05, 4.69) is 29.4 Å². The normalized spacial score (nSPS) is 18.7. The molecule has 0 amide bonds. The fourth-order valence-corrected chi connectivity index (χ4v) is 2.45. The molecule has 96 valence electrons. The Kier molecular flexibility index (Phi) is 4.54.